The van der Waals surface area contributed by atoms with Gasteiger partial charge in [-0.2, -0.15) is 13.6 Å². The van der Waals surface area contributed by atoms with Crippen molar-refractivity contribution >= 4 is 23.4 Å². The smallest absolute Gasteiger partial charge is 0.414 e. The topological polar surface area (TPSA) is 105 Å². The summed E-state index contributed by atoms with van der Waals surface area (Å²) in [5.41, 5.74) is -0.273. The molecule has 2 saturated heterocycles. The molecule has 2 amide bonds. The summed E-state index contributed by atoms with van der Waals surface area (Å²) < 4.78 is 59.2. The molecule has 4 rings (SSSR count). The molecule has 0 radical (unpaired) electrons. The normalized spacial score (nSPS) is 19.5. The molecule has 2 aliphatic rings. The number of ether oxygens (including phenoxy) is 1. The number of anilines is 2. The monoisotopic (exact) mass is 457 g/mol. The summed E-state index contributed by atoms with van der Waals surface area (Å²) in [4.78, 5) is 27.1. The Labute approximate surface area is 179 Å². The minimum Gasteiger partial charge on any atom is -0.442 e. The summed E-state index contributed by atoms with van der Waals surface area (Å²) in [5.74, 6) is -3.19. The number of benzene rings is 1. The predicted octanol–water partition coefficient (Wildman–Crippen LogP) is 1.50. The molecule has 2 fully saturated rings. The van der Waals surface area contributed by atoms with Gasteiger partial charge in [-0.3, -0.25) is 9.69 Å². The molecular formula is C18H19F4N7O3. The Morgan fingerprint density at radius 2 is 1.91 bits per heavy atom. The number of halogens is 4. The van der Waals surface area contributed by atoms with E-state index in [-0.39, 0.29) is 30.5 Å². The molecular weight excluding hydrogens is 438 g/mol. The van der Waals surface area contributed by atoms with Crippen molar-refractivity contribution < 1.29 is 31.9 Å². The maximum Gasteiger partial charge on any atom is 0.414 e. The van der Waals surface area contributed by atoms with Gasteiger partial charge in [0.25, 0.3) is 5.91 Å². The van der Waals surface area contributed by atoms with E-state index in [1.807, 2.05) is 5.32 Å². The zero-order valence-corrected chi connectivity index (χ0v) is 16.6. The van der Waals surface area contributed by atoms with Crippen LogP contribution in [-0.2, 0) is 9.53 Å². The summed E-state index contributed by atoms with van der Waals surface area (Å²) in [6.45, 7) is 0.245. The summed E-state index contributed by atoms with van der Waals surface area (Å²) >= 11 is 0. The van der Waals surface area contributed by atoms with Gasteiger partial charge in [-0.15, -0.1) is 10.2 Å². The molecule has 1 aromatic heterocycles. The van der Waals surface area contributed by atoms with Gasteiger partial charge in [0.05, 0.1) is 24.8 Å². The van der Waals surface area contributed by atoms with E-state index in [2.05, 4.69) is 15.4 Å². The van der Waals surface area contributed by atoms with Crippen molar-refractivity contribution in [3.05, 3.63) is 30.1 Å². The minimum absolute atomic E-state index is 0.0130. The van der Waals surface area contributed by atoms with Gasteiger partial charge in [0.1, 0.15) is 11.8 Å². The molecule has 10 nitrogen and oxygen atoms in total. The molecule has 14 heteroatoms. The molecule has 0 aliphatic carbocycles. The number of nitrogens with one attached hydrogen (secondary N) is 1. The molecule has 2 aliphatic heterocycles. The maximum atomic E-state index is 14.8. The van der Waals surface area contributed by atoms with E-state index in [9.17, 15) is 27.2 Å². The van der Waals surface area contributed by atoms with Crippen molar-refractivity contribution in [1.29, 1.82) is 0 Å². The molecule has 1 atom stereocenters. The molecule has 172 valence electrons. The first-order valence-electron chi connectivity index (χ1n) is 9.84. The molecule has 32 heavy (non-hydrogen) atoms. The van der Waals surface area contributed by atoms with E-state index in [4.69, 9.17) is 4.74 Å². The van der Waals surface area contributed by atoms with Gasteiger partial charge in [-0.05, 0) is 18.1 Å². The van der Waals surface area contributed by atoms with Crippen molar-refractivity contribution in [3.8, 4) is 0 Å². The molecule has 0 bridgehead atoms. The van der Waals surface area contributed by atoms with Crippen LogP contribution in [0.25, 0.3) is 0 Å². The van der Waals surface area contributed by atoms with Crippen LogP contribution in [0.3, 0.4) is 0 Å². The molecule has 0 spiro atoms. The average molecular weight is 457 g/mol. The van der Waals surface area contributed by atoms with E-state index in [1.54, 1.807) is 4.90 Å². The van der Waals surface area contributed by atoms with E-state index in [0.29, 0.717) is 25.9 Å². The molecule has 1 aromatic carbocycles. The van der Waals surface area contributed by atoms with Crippen molar-refractivity contribution in [1.82, 2.24) is 25.5 Å². The lowest BCUT2D eigenvalue weighted by molar-refractivity contribution is -0.132. The second kappa shape index (κ2) is 8.96. The Kier molecular flexibility index (Phi) is 6.10. The highest BCUT2D eigenvalue weighted by atomic mass is 19.3. The summed E-state index contributed by atoms with van der Waals surface area (Å²) in [7, 11) is 0. The Balaban J connectivity index is 1.42. The number of tetrazole rings is 1. The zero-order valence-electron chi connectivity index (χ0n) is 16.6. The Morgan fingerprint density at radius 3 is 2.50 bits per heavy atom. The third-order valence-electron chi connectivity index (χ3n) is 5.36. The average Bonchev–Trinajstić information content (AvgIpc) is 3.42. The Hall–Kier alpha value is -3.45. The van der Waals surface area contributed by atoms with Crippen LogP contribution in [0.1, 0.15) is 18.9 Å². The fourth-order valence-electron chi connectivity index (χ4n) is 3.80. The third kappa shape index (κ3) is 4.43. The van der Waals surface area contributed by atoms with Gasteiger partial charge in [0.2, 0.25) is 0 Å². The van der Waals surface area contributed by atoms with E-state index in [1.165, 1.54) is 11.1 Å². The van der Waals surface area contributed by atoms with Crippen LogP contribution in [0.5, 0.6) is 0 Å². The summed E-state index contributed by atoms with van der Waals surface area (Å²) in [6, 6.07) is 2.02. The van der Waals surface area contributed by atoms with Gasteiger partial charge in [0, 0.05) is 25.2 Å². The van der Waals surface area contributed by atoms with Crippen LogP contribution < -0.4 is 15.1 Å². The van der Waals surface area contributed by atoms with Crippen molar-refractivity contribution in [2.45, 2.75) is 31.4 Å². The van der Waals surface area contributed by atoms with Gasteiger partial charge >= 0.3 is 12.5 Å². The number of alkyl halides is 2. The first-order valence-corrected chi connectivity index (χ1v) is 9.84. The Bertz CT molecular complexity index is 960. The number of aromatic nitrogens is 4. The highest BCUT2D eigenvalue weighted by Gasteiger charge is 2.34. The number of rotatable bonds is 6. The standard InChI is InChI=1S/C18H19F4N7O3/c19-13-5-11(28-8-12(32-18(28)31)7-23-17(30)16(21)22)6-14(20)15(13)27-3-1-10(2-4-27)29-25-9-24-26-29/h5-6,9-10,12,16H,1-4,7-8H2,(H,23,30). The second-order valence-electron chi connectivity index (χ2n) is 7.39. The lowest BCUT2D eigenvalue weighted by Gasteiger charge is -2.33. The van der Waals surface area contributed by atoms with Crippen molar-refractivity contribution in [2.75, 3.05) is 36.0 Å². The number of cyclic esters (lactones) is 1. The van der Waals surface area contributed by atoms with Crippen LogP contribution in [0, 0.1) is 11.6 Å². The second-order valence-corrected chi connectivity index (χ2v) is 7.39. The highest BCUT2D eigenvalue weighted by molar-refractivity contribution is 5.90. The van der Waals surface area contributed by atoms with Gasteiger partial charge in [0.15, 0.2) is 18.0 Å². The lowest BCUT2D eigenvalue weighted by atomic mass is 10.0. The predicted molar refractivity (Wildman–Crippen MR) is 101 cm³/mol. The molecule has 0 saturated carbocycles. The number of amides is 2. The number of nitrogens with zero attached hydrogens (tertiary/aromatic N) is 6. The number of piperidine rings is 1. The number of carbonyl (C=O) groups is 2. The lowest BCUT2D eigenvalue weighted by Crippen LogP contribution is -2.37. The first kappa shape index (κ1) is 21.8. The quantitative estimate of drug-likeness (QED) is 0.656. The number of hydrogen-bond acceptors (Lipinski definition) is 7. The van der Waals surface area contributed by atoms with Gasteiger partial charge < -0.3 is 15.0 Å². The fraction of sp³-hybridized carbons (Fsp3) is 0.500. The van der Waals surface area contributed by atoms with E-state index in [0.717, 1.165) is 17.0 Å². The minimum atomic E-state index is -3.20. The van der Waals surface area contributed by atoms with Crippen LogP contribution >= 0.6 is 0 Å². The van der Waals surface area contributed by atoms with Crippen LogP contribution in [0.2, 0.25) is 0 Å². The Morgan fingerprint density at radius 1 is 1.22 bits per heavy atom. The highest BCUT2D eigenvalue weighted by Crippen LogP contribution is 2.33. The SMILES string of the molecule is O=C(NCC1CN(c2cc(F)c(N3CCC(n4ncnn4)CC3)c(F)c2)C(=O)O1)C(F)F. The van der Waals surface area contributed by atoms with Crippen LogP contribution in [-0.4, -0.2) is 70.9 Å². The molecule has 1 unspecified atom stereocenters. The van der Waals surface area contributed by atoms with E-state index >= 15 is 0 Å². The molecule has 3 heterocycles. The molecule has 2 aromatic rings. The molecule has 1 N–H and O–H groups in total. The van der Waals surface area contributed by atoms with Crippen molar-refractivity contribution in [2.24, 2.45) is 0 Å². The first-order chi connectivity index (χ1) is 15.3. The summed E-state index contributed by atoms with van der Waals surface area (Å²) in [6.07, 6.45) is -2.56. The largest absolute Gasteiger partial charge is 0.442 e. The summed E-state index contributed by atoms with van der Waals surface area (Å²) in [5, 5.41) is 13.4. The van der Waals surface area contributed by atoms with Crippen molar-refractivity contribution in [3.63, 3.8) is 0 Å². The number of carbonyl (C=O) groups excluding carboxylic acids is 2. The van der Waals surface area contributed by atoms with Crippen LogP contribution in [0.15, 0.2) is 18.5 Å². The number of hydrogen-bond donors (Lipinski definition) is 1. The third-order valence-corrected chi connectivity index (χ3v) is 5.36. The van der Waals surface area contributed by atoms with E-state index < -0.39 is 36.2 Å². The van der Waals surface area contributed by atoms with Crippen LogP contribution in [0.4, 0.5) is 33.7 Å². The van der Waals surface area contributed by atoms with Gasteiger partial charge in [-0.1, -0.05) is 0 Å². The maximum absolute atomic E-state index is 14.8. The van der Waals surface area contributed by atoms with Gasteiger partial charge in [-0.25, -0.2) is 13.6 Å². The fourth-order valence-corrected chi connectivity index (χ4v) is 3.80. The zero-order chi connectivity index (χ0) is 22.8.